The van der Waals surface area contributed by atoms with Gasteiger partial charge in [0.15, 0.2) is 0 Å². The van der Waals surface area contributed by atoms with Gasteiger partial charge in [-0.15, -0.1) is 23.7 Å². The Kier molecular flexibility index (Phi) is 6.69. The van der Waals surface area contributed by atoms with Crippen molar-refractivity contribution in [3.63, 3.8) is 0 Å². The van der Waals surface area contributed by atoms with Gasteiger partial charge in [0.05, 0.1) is 10.9 Å². The quantitative estimate of drug-likeness (QED) is 0.881. The summed E-state index contributed by atoms with van der Waals surface area (Å²) in [5, 5.41) is 4.98. The average Bonchev–Trinajstić information content (AvgIpc) is 3.20. The molecule has 1 amide bonds. The van der Waals surface area contributed by atoms with Crippen LogP contribution in [0.25, 0.3) is 0 Å². The molecule has 0 aliphatic carbocycles. The number of hydrogen-bond acceptors (Lipinski definition) is 4. The number of nitrogens with zero attached hydrogens (tertiary/aromatic N) is 1. The first-order valence-electron chi connectivity index (χ1n) is 7.86. The molecule has 1 unspecified atom stereocenters. The second kappa shape index (κ2) is 8.52. The maximum absolute atomic E-state index is 12.2. The molecule has 126 valence electrons. The number of aryl methyl sites for hydroxylation is 1. The molecule has 0 aromatic carbocycles. The highest BCUT2D eigenvalue weighted by Crippen LogP contribution is 2.25. The van der Waals surface area contributed by atoms with Crippen molar-refractivity contribution in [2.45, 2.75) is 32.2 Å². The minimum atomic E-state index is 0. The number of carbonyl (C=O) groups is 1. The second-order valence-corrected chi connectivity index (χ2v) is 6.70. The summed E-state index contributed by atoms with van der Waals surface area (Å²) in [5.74, 6) is 1.87. The van der Waals surface area contributed by atoms with Crippen molar-refractivity contribution in [2.24, 2.45) is 0 Å². The van der Waals surface area contributed by atoms with E-state index in [0.717, 1.165) is 29.5 Å². The third-order valence-electron chi connectivity index (χ3n) is 4.12. The molecule has 1 aliphatic heterocycles. The highest BCUT2D eigenvalue weighted by molar-refractivity contribution is 7.12. The fourth-order valence-corrected chi connectivity index (χ4v) is 3.60. The average molecular weight is 355 g/mol. The number of nitrogens with one attached hydrogen (secondary N) is 1. The Balaban J connectivity index is 0.00000192. The molecule has 23 heavy (non-hydrogen) atoms. The van der Waals surface area contributed by atoms with Crippen LogP contribution in [0.15, 0.2) is 34.1 Å². The Hall–Kier alpha value is -1.30. The van der Waals surface area contributed by atoms with Gasteiger partial charge in [0, 0.05) is 6.54 Å². The molecule has 0 saturated carbocycles. The standard InChI is InChI=1S/C17H22N2O2S.ClH/c1-13-7-8-15(21-13)14(19-9-3-2-4-10-19)12-18-17(20)16-6-5-11-22-16;/h5-8,11,14H,2-4,9-10,12H2,1H3,(H,18,20);1H. The van der Waals surface area contributed by atoms with E-state index in [0.29, 0.717) is 6.54 Å². The van der Waals surface area contributed by atoms with Gasteiger partial charge in [-0.2, -0.15) is 0 Å². The fourth-order valence-electron chi connectivity index (χ4n) is 2.96. The van der Waals surface area contributed by atoms with E-state index in [1.807, 2.05) is 36.6 Å². The summed E-state index contributed by atoms with van der Waals surface area (Å²) < 4.78 is 5.83. The molecule has 0 spiro atoms. The van der Waals surface area contributed by atoms with Gasteiger partial charge >= 0.3 is 0 Å². The number of thiophene rings is 1. The van der Waals surface area contributed by atoms with Gasteiger partial charge in [0.1, 0.15) is 11.5 Å². The summed E-state index contributed by atoms with van der Waals surface area (Å²) in [6, 6.07) is 7.90. The summed E-state index contributed by atoms with van der Waals surface area (Å²) in [6.45, 7) is 4.68. The lowest BCUT2D eigenvalue weighted by molar-refractivity contribution is 0.0917. The zero-order chi connectivity index (χ0) is 15.4. The van der Waals surface area contributed by atoms with Crippen molar-refractivity contribution in [1.82, 2.24) is 10.2 Å². The van der Waals surface area contributed by atoms with E-state index in [1.165, 1.54) is 30.6 Å². The molecule has 0 radical (unpaired) electrons. The molecule has 6 heteroatoms. The van der Waals surface area contributed by atoms with Crippen LogP contribution in [-0.2, 0) is 0 Å². The van der Waals surface area contributed by atoms with Crippen LogP contribution in [0.4, 0.5) is 0 Å². The molecule has 0 bridgehead atoms. The number of carbonyl (C=O) groups excluding carboxylic acids is 1. The van der Waals surface area contributed by atoms with Crippen LogP contribution < -0.4 is 5.32 Å². The molecule has 4 nitrogen and oxygen atoms in total. The first-order valence-corrected chi connectivity index (χ1v) is 8.74. The van der Waals surface area contributed by atoms with Gasteiger partial charge in [-0.1, -0.05) is 12.5 Å². The number of likely N-dealkylation sites (tertiary alicyclic amines) is 1. The number of piperidine rings is 1. The molecule has 3 heterocycles. The normalized spacial score (nSPS) is 16.6. The number of hydrogen-bond donors (Lipinski definition) is 1. The van der Waals surface area contributed by atoms with Crippen LogP contribution in [0, 0.1) is 6.92 Å². The Labute approximate surface area is 147 Å². The molecule has 1 N–H and O–H groups in total. The van der Waals surface area contributed by atoms with Crippen LogP contribution in [0.2, 0.25) is 0 Å². The lowest BCUT2D eigenvalue weighted by Crippen LogP contribution is -2.40. The van der Waals surface area contributed by atoms with Gasteiger partial charge in [-0.25, -0.2) is 0 Å². The minimum absolute atomic E-state index is 0. The van der Waals surface area contributed by atoms with Crippen molar-refractivity contribution in [3.05, 3.63) is 46.0 Å². The SMILES string of the molecule is Cc1ccc(C(CNC(=O)c2cccs2)N2CCCCC2)o1.Cl. The van der Waals surface area contributed by atoms with Crippen LogP contribution in [0.3, 0.4) is 0 Å². The zero-order valence-corrected chi connectivity index (χ0v) is 14.9. The van der Waals surface area contributed by atoms with Crippen LogP contribution in [-0.4, -0.2) is 30.4 Å². The maximum Gasteiger partial charge on any atom is 0.261 e. The molecular formula is C17H23ClN2O2S. The first kappa shape index (κ1) is 18.0. The van der Waals surface area contributed by atoms with Gasteiger partial charge in [-0.3, -0.25) is 9.69 Å². The molecule has 2 aromatic rings. The highest BCUT2D eigenvalue weighted by atomic mass is 35.5. The molecule has 2 aromatic heterocycles. The zero-order valence-electron chi connectivity index (χ0n) is 13.3. The minimum Gasteiger partial charge on any atom is -0.465 e. The van der Waals surface area contributed by atoms with Gasteiger partial charge in [0.25, 0.3) is 5.91 Å². The Morgan fingerprint density at radius 3 is 2.70 bits per heavy atom. The summed E-state index contributed by atoms with van der Waals surface area (Å²) in [7, 11) is 0. The number of furan rings is 1. The van der Waals surface area contributed by atoms with Crippen LogP contribution >= 0.6 is 23.7 Å². The molecule has 1 fully saturated rings. The molecule has 1 aliphatic rings. The summed E-state index contributed by atoms with van der Waals surface area (Å²) in [6.07, 6.45) is 3.73. The van der Waals surface area contributed by atoms with E-state index in [4.69, 9.17) is 4.42 Å². The van der Waals surface area contributed by atoms with E-state index < -0.39 is 0 Å². The maximum atomic E-state index is 12.2. The largest absolute Gasteiger partial charge is 0.465 e. The first-order chi connectivity index (χ1) is 10.7. The predicted molar refractivity (Wildman–Crippen MR) is 95.5 cm³/mol. The topological polar surface area (TPSA) is 45.5 Å². The summed E-state index contributed by atoms with van der Waals surface area (Å²) in [4.78, 5) is 15.4. The van der Waals surface area contributed by atoms with Gasteiger partial charge in [0.2, 0.25) is 0 Å². The number of halogens is 1. The fraction of sp³-hybridized carbons (Fsp3) is 0.471. The van der Waals surface area contributed by atoms with E-state index in [9.17, 15) is 4.79 Å². The third-order valence-corrected chi connectivity index (χ3v) is 4.99. The van der Waals surface area contributed by atoms with Crippen molar-refractivity contribution < 1.29 is 9.21 Å². The van der Waals surface area contributed by atoms with Crippen molar-refractivity contribution in [3.8, 4) is 0 Å². The summed E-state index contributed by atoms with van der Waals surface area (Å²) >= 11 is 1.47. The Bertz CT molecular complexity index is 606. The van der Waals surface area contributed by atoms with Crippen molar-refractivity contribution >= 4 is 29.7 Å². The van der Waals surface area contributed by atoms with Gasteiger partial charge in [-0.05, 0) is 56.4 Å². The van der Waals surface area contributed by atoms with E-state index in [2.05, 4.69) is 10.2 Å². The molecular weight excluding hydrogens is 332 g/mol. The molecule has 3 rings (SSSR count). The van der Waals surface area contributed by atoms with E-state index >= 15 is 0 Å². The number of amides is 1. The Morgan fingerprint density at radius 1 is 1.30 bits per heavy atom. The number of rotatable bonds is 5. The van der Waals surface area contributed by atoms with Crippen LogP contribution in [0.1, 0.15) is 46.5 Å². The van der Waals surface area contributed by atoms with Crippen molar-refractivity contribution in [2.75, 3.05) is 19.6 Å². The monoisotopic (exact) mass is 354 g/mol. The molecule has 1 atom stereocenters. The lowest BCUT2D eigenvalue weighted by Gasteiger charge is -2.33. The van der Waals surface area contributed by atoms with E-state index in [1.54, 1.807) is 0 Å². The van der Waals surface area contributed by atoms with Crippen LogP contribution in [0.5, 0.6) is 0 Å². The lowest BCUT2D eigenvalue weighted by atomic mass is 10.1. The third kappa shape index (κ3) is 4.59. The van der Waals surface area contributed by atoms with Crippen molar-refractivity contribution in [1.29, 1.82) is 0 Å². The smallest absolute Gasteiger partial charge is 0.261 e. The van der Waals surface area contributed by atoms with Gasteiger partial charge < -0.3 is 9.73 Å². The second-order valence-electron chi connectivity index (χ2n) is 5.75. The highest BCUT2D eigenvalue weighted by Gasteiger charge is 2.25. The van der Waals surface area contributed by atoms with E-state index in [-0.39, 0.29) is 24.4 Å². The summed E-state index contributed by atoms with van der Waals surface area (Å²) in [5.41, 5.74) is 0. The molecule has 1 saturated heterocycles. The predicted octanol–water partition coefficient (Wildman–Crippen LogP) is 4.03. The Morgan fingerprint density at radius 2 is 2.09 bits per heavy atom.